The predicted octanol–water partition coefficient (Wildman–Crippen LogP) is 3.52. The van der Waals surface area contributed by atoms with Crippen molar-refractivity contribution in [3.8, 4) is 11.4 Å². The second-order valence-corrected chi connectivity index (χ2v) is 8.48. The average molecular weight is 383 g/mol. The highest BCUT2D eigenvalue weighted by Gasteiger charge is 2.31. The van der Waals surface area contributed by atoms with Gasteiger partial charge in [0.25, 0.3) is 0 Å². The van der Waals surface area contributed by atoms with Crippen LogP contribution in [0.3, 0.4) is 0 Å². The molecule has 2 aromatic rings. The molecule has 0 N–H and O–H groups in total. The maximum Gasteiger partial charge on any atom is 0.241 e. The highest BCUT2D eigenvalue weighted by molar-refractivity contribution is 5.79. The summed E-state index contributed by atoms with van der Waals surface area (Å²) in [5.74, 6) is 2.30. The zero-order valence-electron chi connectivity index (χ0n) is 16.9. The lowest BCUT2D eigenvalue weighted by molar-refractivity contribution is -0.139. The number of benzene rings is 1. The van der Waals surface area contributed by atoms with Crippen LogP contribution >= 0.6 is 0 Å². The van der Waals surface area contributed by atoms with Crippen LogP contribution in [0.2, 0.25) is 0 Å². The number of hydrogen-bond donors (Lipinski definition) is 0. The number of likely N-dealkylation sites (tertiary alicyclic amines) is 2. The molecule has 2 aliphatic rings. The Balaban J connectivity index is 1.36. The summed E-state index contributed by atoms with van der Waals surface area (Å²) >= 11 is 0. The van der Waals surface area contributed by atoms with Crippen molar-refractivity contribution in [3.63, 3.8) is 0 Å². The van der Waals surface area contributed by atoms with Gasteiger partial charge in [-0.3, -0.25) is 9.69 Å². The largest absolute Gasteiger partial charge is 0.342 e. The number of rotatable bonds is 4. The lowest BCUT2D eigenvalue weighted by Crippen LogP contribution is -2.47. The SMILES string of the molecule is Cc1ccc(-c2noc(CN3CCCC(C(=O)N4CCCC(C)C4)C3)n2)cc1. The fraction of sp³-hybridized carbons (Fsp3) is 0.591. The van der Waals surface area contributed by atoms with Gasteiger partial charge in [-0.25, -0.2) is 0 Å². The van der Waals surface area contributed by atoms with Crippen molar-refractivity contribution >= 4 is 5.91 Å². The molecule has 0 saturated carbocycles. The number of aryl methyl sites for hydroxylation is 1. The van der Waals surface area contributed by atoms with Crippen molar-refractivity contribution in [1.82, 2.24) is 19.9 Å². The molecule has 1 aromatic heterocycles. The fourth-order valence-corrected chi connectivity index (χ4v) is 4.38. The molecule has 0 radical (unpaired) electrons. The maximum atomic E-state index is 13.0. The van der Waals surface area contributed by atoms with Crippen LogP contribution in [0.5, 0.6) is 0 Å². The third-order valence-electron chi connectivity index (χ3n) is 5.96. The quantitative estimate of drug-likeness (QED) is 0.810. The summed E-state index contributed by atoms with van der Waals surface area (Å²) in [6.45, 7) is 8.51. The highest BCUT2D eigenvalue weighted by atomic mass is 16.5. The molecule has 6 heteroatoms. The average Bonchev–Trinajstić information content (AvgIpc) is 3.16. The molecule has 4 rings (SSSR count). The first-order valence-electron chi connectivity index (χ1n) is 10.5. The van der Waals surface area contributed by atoms with E-state index >= 15 is 0 Å². The molecule has 6 nitrogen and oxygen atoms in total. The van der Waals surface area contributed by atoms with Crippen molar-refractivity contribution in [2.75, 3.05) is 26.2 Å². The van der Waals surface area contributed by atoms with Gasteiger partial charge in [0.05, 0.1) is 12.5 Å². The summed E-state index contributed by atoms with van der Waals surface area (Å²) < 4.78 is 5.48. The topological polar surface area (TPSA) is 62.5 Å². The van der Waals surface area contributed by atoms with Crippen LogP contribution in [0, 0.1) is 18.8 Å². The van der Waals surface area contributed by atoms with Gasteiger partial charge in [-0.15, -0.1) is 0 Å². The van der Waals surface area contributed by atoms with E-state index in [1.54, 1.807) is 0 Å². The molecule has 28 heavy (non-hydrogen) atoms. The Bertz CT molecular complexity index is 801. The van der Waals surface area contributed by atoms with Crippen LogP contribution in [0.1, 0.15) is 44.1 Å². The molecule has 1 amide bonds. The Morgan fingerprint density at radius 1 is 1.14 bits per heavy atom. The third-order valence-corrected chi connectivity index (χ3v) is 5.96. The first-order chi connectivity index (χ1) is 13.6. The van der Waals surface area contributed by atoms with Crippen LogP contribution in [-0.2, 0) is 11.3 Å². The minimum Gasteiger partial charge on any atom is -0.342 e. The molecule has 2 aliphatic heterocycles. The second kappa shape index (κ2) is 8.43. The number of hydrogen-bond acceptors (Lipinski definition) is 5. The van der Waals surface area contributed by atoms with E-state index in [1.165, 1.54) is 12.0 Å². The second-order valence-electron chi connectivity index (χ2n) is 8.48. The van der Waals surface area contributed by atoms with Crippen LogP contribution in [-0.4, -0.2) is 52.0 Å². The molecule has 0 aliphatic carbocycles. The molecule has 3 heterocycles. The van der Waals surface area contributed by atoms with Gasteiger partial charge < -0.3 is 9.42 Å². The van der Waals surface area contributed by atoms with Gasteiger partial charge in [-0.1, -0.05) is 41.9 Å². The summed E-state index contributed by atoms with van der Waals surface area (Å²) in [7, 11) is 0. The fourth-order valence-electron chi connectivity index (χ4n) is 4.38. The smallest absolute Gasteiger partial charge is 0.241 e. The van der Waals surface area contributed by atoms with Gasteiger partial charge in [0.2, 0.25) is 17.6 Å². The minimum atomic E-state index is 0.0959. The highest BCUT2D eigenvalue weighted by Crippen LogP contribution is 2.24. The normalized spacial score (nSPS) is 23.7. The van der Waals surface area contributed by atoms with Crippen LogP contribution in [0.4, 0.5) is 0 Å². The summed E-state index contributed by atoms with van der Waals surface area (Å²) in [6, 6.07) is 8.12. The Kier molecular flexibility index (Phi) is 5.76. The van der Waals surface area contributed by atoms with Crippen molar-refractivity contribution in [2.24, 2.45) is 11.8 Å². The first kappa shape index (κ1) is 19.1. The van der Waals surface area contributed by atoms with E-state index in [2.05, 4.69) is 33.8 Å². The number of amides is 1. The lowest BCUT2D eigenvalue weighted by atomic mass is 9.93. The van der Waals surface area contributed by atoms with Crippen LogP contribution < -0.4 is 0 Å². The number of piperidine rings is 2. The summed E-state index contributed by atoms with van der Waals surface area (Å²) in [5.41, 5.74) is 2.17. The number of nitrogens with zero attached hydrogens (tertiary/aromatic N) is 4. The molecule has 0 bridgehead atoms. The summed E-state index contributed by atoms with van der Waals surface area (Å²) in [5, 5.41) is 4.13. The van der Waals surface area contributed by atoms with Gasteiger partial charge in [0.1, 0.15) is 0 Å². The Labute approximate surface area is 166 Å². The van der Waals surface area contributed by atoms with Gasteiger partial charge >= 0.3 is 0 Å². The van der Waals surface area contributed by atoms with Gasteiger partial charge in [-0.2, -0.15) is 4.98 Å². The molecule has 0 spiro atoms. The van der Waals surface area contributed by atoms with Gasteiger partial charge in [0, 0.05) is 25.2 Å². The summed E-state index contributed by atoms with van der Waals surface area (Å²) in [4.78, 5) is 21.9. The standard InChI is InChI=1S/C22H30N4O2/c1-16-7-9-18(10-8-16)21-23-20(28-24-21)15-25-11-4-6-19(14-25)22(27)26-12-3-5-17(2)13-26/h7-10,17,19H,3-6,11-15H2,1-2H3. The molecule has 150 valence electrons. The van der Waals surface area contributed by atoms with E-state index in [9.17, 15) is 4.79 Å². The van der Waals surface area contributed by atoms with Crippen molar-refractivity contribution in [3.05, 3.63) is 35.7 Å². The Morgan fingerprint density at radius 2 is 1.93 bits per heavy atom. The van der Waals surface area contributed by atoms with Gasteiger partial charge in [0.15, 0.2) is 0 Å². The molecule has 1 aromatic carbocycles. The maximum absolute atomic E-state index is 13.0. The molecular weight excluding hydrogens is 352 g/mol. The van der Waals surface area contributed by atoms with E-state index in [4.69, 9.17) is 4.52 Å². The number of aromatic nitrogens is 2. The molecule has 2 saturated heterocycles. The molecule has 2 fully saturated rings. The van der Waals surface area contributed by atoms with E-state index in [0.717, 1.165) is 51.0 Å². The van der Waals surface area contributed by atoms with Crippen molar-refractivity contribution in [1.29, 1.82) is 0 Å². The lowest BCUT2D eigenvalue weighted by Gasteiger charge is -2.37. The molecule has 2 unspecified atom stereocenters. The van der Waals surface area contributed by atoms with E-state index in [0.29, 0.717) is 30.1 Å². The third kappa shape index (κ3) is 4.43. The van der Waals surface area contributed by atoms with Crippen molar-refractivity contribution < 1.29 is 9.32 Å². The number of carbonyl (C=O) groups is 1. The monoisotopic (exact) mass is 382 g/mol. The minimum absolute atomic E-state index is 0.0959. The molecule has 2 atom stereocenters. The zero-order chi connectivity index (χ0) is 19.5. The summed E-state index contributed by atoms with van der Waals surface area (Å²) in [6.07, 6.45) is 4.39. The Hall–Kier alpha value is -2.21. The number of carbonyl (C=O) groups excluding carboxylic acids is 1. The van der Waals surface area contributed by atoms with E-state index in [-0.39, 0.29) is 5.92 Å². The zero-order valence-corrected chi connectivity index (χ0v) is 16.9. The first-order valence-corrected chi connectivity index (χ1v) is 10.5. The van der Waals surface area contributed by atoms with Crippen LogP contribution in [0.15, 0.2) is 28.8 Å². The predicted molar refractivity (Wildman–Crippen MR) is 107 cm³/mol. The Morgan fingerprint density at radius 3 is 2.71 bits per heavy atom. The van der Waals surface area contributed by atoms with Gasteiger partial charge in [-0.05, 0) is 45.1 Å². The molecular formula is C22H30N4O2. The van der Waals surface area contributed by atoms with E-state index in [1.807, 2.05) is 24.3 Å². The van der Waals surface area contributed by atoms with E-state index < -0.39 is 0 Å². The van der Waals surface area contributed by atoms with Crippen LogP contribution in [0.25, 0.3) is 11.4 Å². The van der Waals surface area contributed by atoms with Crippen molar-refractivity contribution in [2.45, 2.75) is 46.1 Å².